The summed E-state index contributed by atoms with van der Waals surface area (Å²) in [5, 5.41) is 0. The SMILES string of the molecule is [B]C1Cc2ccc(C(C)=O)cc2C1. The minimum absolute atomic E-state index is 0.128. The molecule has 0 heterocycles. The van der Waals surface area contributed by atoms with E-state index in [9.17, 15) is 4.79 Å². The number of carbonyl (C=O) groups is 1. The van der Waals surface area contributed by atoms with Crippen LogP contribution in [0.2, 0.25) is 5.82 Å². The quantitative estimate of drug-likeness (QED) is 0.465. The average Bonchev–Trinajstić information content (AvgIpc) is 2.42. The molecule has 2 radical (unpaired) electrons. The summed E-state index contributed by atoms with van der Waals surface area (Å²) in [7, 11) is 5.83. The monoisotopic (exact) mass is 170 g/mol. The number of carbonyl (C=O) groups excluding carboxylic acids is 1. The summed E-state index contributed by atoms with van der Waals surface area (Å²) in [5.41, 5.74) is 3.35. The van der Waals surface area contributed by atoms with E-state index in [0.717, 1.165) is 18.4 Å². The number of rotatable bonds is 1. The summed E-state index contributed by atoms with van der Waals surface area (Å²) in [4.78, 5) is 11.1. The van der Waals surface area contributed by atoms with Crippen LogP contribution in [-0.2, 0) is 12.8 Å². The second-order valence-corrected chi connectivity index (χ2v) is 3.71. The number of Topliss-reactive ketones (excluding diaryl/α,β-unsaturated/α-hetero) is 1. The van der Waals surface area contributed by atoms with Crippen molar-refractivity contribution in [3.63, 3.8) is 0 Å². The molecule has 13 heavy (non-hydrogen) atoms. The number of fused-ring (bicyclic) bond motifs is 1. The summed E-state index contributed by atoms with van der Waals surface area (Å²) in [6, 6.07) is 5.89. The fourth-order valence-electron chi connectivity index (χ4n) is 1.87. The molecule has 1 aliphatic rings. The van der Waals surface area contributed by atoms with Gasteiger partial charge in [0.1, 0.15) is 0 Å². The smallest absolute Gasteiger partial charge is 0.159 e. The molecule has 1 nitrogen and oxygen atoms in total. The van der Waals surface area contributed by atoms with Gasteiger partial charge in [0.25, 0.3) is 0 Å². The van der Waals surface area contributed by atoms with Crippen LogP contribution >= 0.6 is 0 Å². The lowest BCUT2D eigenvalue weighted by molar-refractivity contribution is 0.101. The van der Waals surface area contributed by atoms with Gasteiger partial charge in [0.15, 0.2) is 5.78 Å². The van der Waals surface area contributed by atoms with Gasteiger partial charge in [-0.15, -0.1) is 0 Å². The van der Waals surface area contributed by atoms with Gasteiger partial charge in [-0.1, -0.05) is 17.9 Å². The molecule has 0 saturated carbocycles. The maximum Gasteiger partial charge on any atom is 0.159 e. The van der Waals surface area contributed by atoms with Gasteiger partial charge >= 0.3 is 0 Å². The zero-order valence-electron chi connectivity index (χ0n) is 7.71. The molecule has 0 fully saturated rings. The molecule has 1 aliphatic carbocycles. The van der Waals surface area contributed by atoms with Crippen molar-refractivity contribution in [1.82, 2.24) is 0 Å². The van der Waals surface area contributed by atoms with E-state index in [2.05, 4.69) is 0 Å². The topological polar surface area (TPSA) is 17.1 Å². The van der Waals surface area contributed by atoms with Crippen molar-refractivity contribution in [1.29, 1.82) is 0 Å². The van der Waals surface area contributed by atoms with Gasteiger partial charge in [0, 0.05) is 5.56 Å². The molecule has 1 unspecified atom stereocenters. The molecule has 0 aromatic heterocycles. The van der Waals surface area contributed by atoms with E-state index >= 15 is 0 Å². The highest BCUT2D eigenvalue weighted by Gasteiger charge is 2.17. The minimum Gasteiger partial charge on any atom is -0.295 e. The highest BCUT2D eigenvalue weighted by molar-refractivity contribution is 6.12. The molecule has 64 valence electrons. The van der Waals surface area contributed by atoms with Gasteiger partial charge in [-0.2, -0.15) is 0 Å². The lowest BCUT2D eigenvalue weighted by atomic mass is 9.85. The Hall–Kier alpha value is -1.05. The molecule has 2 rings (SSSR count). The Morgan fingerprint density at radius 1 is 1.38 bits per heavy atom. The first-order valence-corrected chi connectivity index (χ1v) is 4.55. The Labute approximate surface area is 79.6 Å². The summed E-state index contributed by atoms with van der Waals surface area (Å²) < 4.78 is 0. The Morgan fingerprint density at radius 3 is 2.77 bits per heavy atom. The Balaban J connectivity index is 2.40. The Bertz CT molecular complexity index is 357. The zero-order valence-corrected chi connectivity index (χ0v) is 7.71. The molecule has 2 heteroatoms. The Morgan fingerprint density at radius 2 is 2.08 bits per heavy atom. The van der Waals surface area contributed by atoms with Crippen molar-refractivity contribution in [2.75, 3.05) is 0 Å². The van der Waals surface area contributed by atoms with Gasteiger partial charge < -0.3 is 0 Å². The molecule has 0 bridgehead atoms. The van der Waals surface area contributed by atoms with Crippen LogP contribution in [0, 0.1) is 0 Å². The molecule has 1 aromatic carbocycles. The molecular weight excluding hydrogens is 159 g/mol. The van der Waals surface area contributed by atoms with Crippen molar-refractivity contribution in [3.05, 3.63) is 34.9 Å². The fraction of sp³-hybridized carbons (Fsp3) is 0.364. The molecular formula is C11H11BO. The predicted molar refractivity (Wildman–Crippen MR) is 53.4 cm³/mol. The summed E-state index contributed by atoms with van der Waals surface area (Å²) >= 11 is 0. The normalized spacial score (nSPS) is 19.9. The zero-order chi connectivity index (χ0) is 9.42. The van der Waals surface area contributed by atoms with E-state index in [-0.39, 0.29) is 11.6 Å². The minimum atomic E-state index is 0.128. The second-order valence-electron chi connectivity index (χ2n) is 3.71. The van der Waals surface area contributed by atoms with E-state index in [4.69, 9.17) is 7.85 Å². The largest absolute Gasteiger partial charge is 0.295 e. The molecule has 1 atom stereocenters. The second kappa shape index (κ2) is 3.02. The molecule has 0 spiro atoms. The highest BCUT2D eigenvalue weighted by Crippen LogP contribution is 2.29. The third kappa shape index (κ3) is 1.53. The summed E-state index contributed by atoms with van der Waals surface area (Å²) in [5.74, 6) is 0.375. The summed E-state index contributed by atoms with van der Waals surface area (Å²) in [6.07, 6.45) is 1.87. The van der Waals surface area contributed by atoms with E-state index < -0.39 is 0 Å². The van der Waals surface area contributed by atoms with Crippen molar-refractivity contribution >= 4 is 13.6 Å². The van der Waals surface area contributed by atoms with Gasteiger partial charge in [-0.3, -0.25) is 4.79 Å². The lowest BCUT2D eigenvalue weighted by Gasteiger charge is -2.00. The molecule has 0 saturated heterocycles. The standard InChI is InChI=1S/C11H11BO/c1-7(13)8-2-3-9-5-11(12)6-10(9)4-8/h2-4,11H,5-6H2,1H3. The van der Waals surface area contributed by atoms with E-state index in [1.54, 1.807) is 6.92 Å². The van der Waals surface area contributed by atoms with Crippen LogP contribution in [0.1, 0.15) is 28.4 Å². The van der Waals surface area contributed by atoms with Crippen molar-refractivity contribution in [2.45, 2.75) is 25.6 Å². The van der Waals surface area contributed by atoms with E-state index in [1.807, 2.05) is 18.2 Å². The van der Waals surface area contributed by atoms with Gasteiger partial charge in [-0.25, -0.2) is 0 Å². The summed E-state index contributed by atoms with van der Waals surface area (Å²) in [6.45, 7) is 1.59. The van der Waals surface area contributed by atoms with Crippen LogP contribution in [0.5, 0.6) is 0 Å². The van der Waals surface area contributed by atoms with Crippen LogP contribution in [0.25, 0.3) is 0 Å². The third-order valence-electron chi connectivity index (χ3n) is 2.58. The van der Waals surface area contributed by atoms with Gasteiger partial charge in [-0.05, 0) is 37.0 Å². The maximum atomic E-state index is 11.1. The van der Waals surface area contributed by atoms with Gasteiger partial charge in [0.2, 0.25) is 0 Å². The molecule has 0 amide bonds. The van der Waals surface area contributed by atoms with Crippen LogP contribution in [-0.4, -0.2) is 13.6 Å². The van der Waals surface area contributed by atoms with E-state index in [0.29, 0.717) is 0 Å². The number of hydrogen-bond acceptors (Lipinski definition) is 1. The maximum absolute atomic E-state index is 11.1. The Kier molecular flexibility index (Phi) is 1.99. The highest BCUT2D eigenvalue weighted by atomic mass is 16.1. The van der Waals surface area contributed by atoms with Crippen LogP contribution in [0.4, 0.5) is 0 Å². The van der Waals surface area contributed by atoms with Crippen LogP contribution < -0.4 is 0 Å². The van der Waals surface area contributed by atoms with Crippen molar-refractivity contribution in [3.8, 4) is 0 Å². The molecule has 0 aliphatic heterocycles. The molecule has 0 N–H and O–H groups in total. The average molecular weight is 170 g/mol. The van der Waals surface area contributed by atoms with E-state index in [1.165, 1.54) is 11.1 Å². The first kappa shape index (κ1) is 8.55. The fourth-order valence-corrected chi connectivity index (χ4v) is 1.87. The van der Waals surface area contributed by atoms with Crippen LogP contribution in [0.3, 0.4) is 0 Å². The number of hydrogen-bond donors (Lipinski definition) is 0. The predicted octanol–water partition coefficient (Wildman–Crippen LogP) is 1.94. The van der Waals surface area contributed by atoms with Crippen LogP contribution in [0.15, 0.2) is 18.2 Å². The lowest BCUT2D eigenvalue weighted by Crippen LogP contribution is -1.93. The number of ketones is 1. The molecule has 1 aromatic rings. The first-order valence-electron chi connectivity index (χ1n) is 4.55. The number of benzene rings is 1. The van der Waals surface area contributed by atoms with Gasteiger partial charge in [0.05, 0.1) is 7.85 Å². The van der Waals surface area contributed by atoms with Crippen molar-refractivity contribution in [2.24, 2.45) is 0 Å². The van der Waals surface area contributed by atoms with Crippen molar-refractivity contribution < 1.29 is 4.79 Å². The first-order chi connectivity index (χ1) is 6.16. The third-order valence-corrected chi connectivity index (χ3v) is 2.58.